The Labute approximate surface area is 123 Å². The van der Waals surface area contributed by atoms with E-state index in [1.165, 1.54) is 11.3 Å². The highest BCUT2D eigenvalue weighted by Crippen LogP contribution is 2.27. The molecule has 0 bridgehead atoms. The number of nitrogens with one attached hydrogen (secondary N) is 1. The van der Waals surface area contributed by atoms with Crippen LogP contribution in [0.1, 0.15) is 28.2 Å². The van der Waals surface area contributed by atoms with Crippen molar-refractivity contribution in [1.29, 1.82) is 0 Å². The Hall–Kier alpha value is -2.40. The molecule has 1 amide bonds. The maximum atomic E-state index is 11.5. The second-order valence-electron chi connectivity index (χ2n) is 5.14. The molecule has 0 spiro atoms. The monoisotopic (exact) mass is 282 g/mol. The van der Waals surface area contributed by atoms with Crippen LogP contribution in [-0.4, -0.2) is 17.4 Å². The van der Waals surface area contributed by atoms with E-state index >= 15 is 0 Å². The van der Waals surface area contributed by atoms with Gasteiger partial charge < -0.3 is 4.90 Å². The lowest BCUT2D eigenvalue weighted by atomic mass is 10.0. The van der Waals surface area contributed by atoms with Crippen molar-refractivity contribution in [3.63, 3.8) is 0 Å². The number of rotatable bonds is 3. The van der Waals surface area contributed by atoms with Crippen LogP contribution in [0.25, 0.3) is 0 Å². The van der Waals surface area contributed by atoms with Crippen LogP contribution in [0.3, 0.4) is 0 Å². The highest BCUT2D eigenvalue weighted by molar-refractivity contribution is 5.91. The lowest BCUT2D eigenvalue weighted by Crippen LogP contribution is -2.32. The van der Waals surface area contributed by atoms with Gasteiger partial charge >= 0.3 is 0 Å². The van der Waals surface area contributed by atoms with Crippen LogP contribution in [-0.2, 0) is 13.0 Å². The summed E-state index contributed by atoms with van der Waals surface area (Å²) in [6, 6.07) is 13.9. The Bertz CT molecular complexity index is 656. The van der Waals surface area contributed by atoms with E-state index in [9.17, 15) is 4.79 Å². The van der Waals surface area contributed by atoms with E-state index in [0.29, 0.717) is 12.2 Å². The van der Waals surface area contributed by atoms with Crippen molar-refractivity contribution >= 4 is 11.6 Å². The van der Waals surface area contributed by atoms with E-state index in [0.717, 1.165) is 25.1 Å². The molecule has 0 saturated carbocycles. The Morgan fingerprint density at radius 3 is 2.95 bits per heavy atom. The van der Waals surface area contributed by atoms with Crippen molar-refractivity contribution in [1.82, 2.24) is 10.4 Å². The summed E-state index contributed by atoms with van der Waals surface area (Å²) in [6.07, 6.45) is 2.26. The van der Waals surface area contributed by atoms with E-state index in [2.05, 4.69) is 39.6 Å². The summed E-state index contributed by atoms with van der Waals surface area (Å²) >= 11 is 0. The summed E-state index contributed by atoms with van der Waals surface area (Å²) in [4.78, 5) is 18.2. The van der Waals surface area contributed by atoms with Crippen LogP contribution < -0.4 is 16.2 Å². The minimum absolute atomic E-state index is 0.347. The first-order chi connectivity index (χ1) is 10.3. The zero-order chi connectivity index (χ0) is 14.7. The lowest BCUT2D eigenvalue weighted by molar-refractivity contribution is 0.0948. The maximum absolute atomic E-state index is 11.5. The molecule has 2 aromatic rings. The number of aryl methyl sites for hydroxylation is 1. The Balaban J connectivity index is 1.83. The third-order valence-electron chi connectivity index (χ3n) is 3.73. The molecule has 2 heterocycles. The number of hydrazine groups is 1. The molecular weight excluding hydrogens is 264 g/mol. The molecule has 1 aromatic heterocycles. The van der Waals surface area contributed by atoms with Crippen LogP contribution >= 0.6 is 0 Å². The fraction of sp³-hybridized carbons (Fsp3) is 0.250. The molecule has 3 N–H and O–H groups in total. The zero-order valence-corrected chi connectivity index (χ0v) is 11.7. The van der Waals surface area contributed by atoms with E-state index in [4.69, 9.17) is 5.84 Å². The number of aromatic nitrogens is 1. The van der Waals surface area contributed by atoms with Gasteiger partial charge in [0.25, 0.3) is 5.91 Å². The first-order valence-corrected chi connectivity index (χ1v) is 7.07. The van der Waals surface area contributed by atoms with Gasteiger partial charge in [-0.1, -0.05) is 24.3 Å². The molecule has 0 saturated heterocycles. The number of fused-ring (bicyclic) bond motifs is 1. The minimum Gasteiger partial charge on any atom is -0.365 e. The minimum atomic E-state index is -0.365. The number of pyridine rings is 1. The molecule has 0 radical (unpaired) electrons. The first kappa shape index (κ1) is 13.6. The molecule has 5 nitrogen and oxygen atoms in total. The fourth-order valence-electron chi connectivity index (χ4n) is 2.74. The fourth-order valence-corrected chi connectivity index (χ4v) is 2.74. The predicted octanol–water partition coefficient (Wildman–Crippen LogP) is 1.64. The maximum Gasteiger partial charge on any atom is 0.283 e. The molecule has 1 aliphatic heterocycles. The van der Waals surface area contributed by atoms with Gasteiger partial charge in [0.2, 0.25) is 0 Å². The molecule has 3 rings (SSSR count). The molecule has 108 valence electrons. The summed E-state index contributed by atoms with van der Waals surface area (Å²) < 4.78 is 0. The highest BCUT2D eigenvalue weighted by Gasteiger charge is 2.17. The van der Waals surface area contributed by atoms with Crippen LogP contribution in [0.4, 0.5) is 5.69 Å². The third-order valence-corrected chi connectivity index (χ3v) is 3.73. The summed E-state index contributed by atoms with van der Waals surface area (Å²) in [5.41, 5.74) is 5.97. The Morgan fingerprint density at radius 2 is 2.10 bits per heavy atom. The normalized spacial score (nSPS) is 13.7. The first-order valence-electron chi connectivity index (χ1n) is 7.07. The molecule has 0 atom stereocenters. The van der Waals surface area contributed by atoms with Crippen molar-refractivity contribution in [2.45, 2.75) is 19.4 Å². The number of hydrogen-bond donors (Lipinski definition) is 2. The van der Waals surface area contributed by atoms with Gasteiger partial charge in [0.15, 0.2) is 0 Å². The number of hydrogen-bond acceptors (Lipinski definition) is 4. The average molecular weight is 282 g/mol. The molecule has 1 aliphatic rings. The zero-order valence-electron chi connectivity index (χ0n) is 11.7. The smallest absolute Gasteiger partial charge is 0.283 e. The standard InChI is InChI=1S/C16H18N4O/c17-19-16(21)14-8-3-7-13(18-14)11-20-10-4-6-12-5-1-2-9-15(12)20/h1-3,5,7-9H,4,6,10-11,17H2,(H,19,21). The van der Waals surface area contributed by atoms with Gasteiger partial charge in [-0.25, -0.2) is 10.8 Å². The van der Waals surface area contributed by atoms with Crippen molar-refractivity contribution in [3.8, 4) is 0 Å². The van der Waals surface area contributed by atoms with Crippen molar-refractivity contribution in [3.05, 3.63) is 59.4 Å². The van der Waals surface area contributed by atoms with Crippen LogP contribution in [0.15, 0.2) is 42.5 Å². The number of nitrogens with two attached hydrogens (primary N) is 1. The van der Waals surface area contributed by atoms with Gasteiger partial charge in [0.1, 0.15) is 5.69 Å². The molecule has 0 fully saturated rings. The van der Waals surface area contributed by atoms with Crippen molar-refractivity contribution in [2.75, 3.05) is 11.4 Å². The quantitative estimate of drug-likeness (QED) is 0.510. The summed E-state index contributed by atoms with van der Waals surface area (Å²) in [5.74, 6) is 4.79. The number of nitrogens with zero attached hydrogens (tertiary/aromatic N) is 2. The van der Waals surface area contributed by atoms with E-state index in [-0.39, 0.29) is 5.91 Å². The topological polar surface area (TPSA) is 71.2 Å². The second-order valence-corrected chi connectivity index (χ2v) is 5.14. The SMILES string of the molecule is NNC(=O)c1cccc(CN2CCCc3ccccc32)n1. The number of anilines is 1. The van der Waals surface area contributed by atoms with Crippen molar-refractivity contribution in [2.24, 2.45) is 5.84 Å². The molecule has 1 aromatic carbocycles. The van der Waals surface area contributed by atoms with Gasteiger partial charge in [-0.15, -0.1) is 0 Å². The number of carbonyl (C=O) groups excluding carboxylic acids is 1. The van der Waals surface area contributed by atoms with E-state index in [1.807, 2.05) is 12.1 Å². The number of para-hydroxylation sites is 1. The Morgan fingerprint density at radius 1 is 1.24 bits per heavy atom. The molecule has 5 heteroatoms. The lowest BCUT2D eigenvalue weighted by Gasteiger charge is -2.31. The number of carbonyl (C=O) groups is 1. The molecule has 21 heavy (non-hydrogen) atoms. The summed E-state index contributed by atoms with van der Waals surface area (Å²) in [7, 11) is 0. The van der Waals surface area contributed by atoms with Crippen molar-refractivity contribution < 1.29 is 4.79 Å². The van der Waals surface area contributed by atoms with Crippen LogP contribution in [0, 0.1) is 0 Å². The molecular formula is C16H18N4O. The number of amides is 1. The highest BCUT2D eigenvalue weighted by atomic mass is 16.2. The predicted molar refractivity (Wildman–Crippen MR) is 81.7 cm³/mol. The molecule has 0 unspecified atom stereocenters. The van der Waals surface area contributed by atoms with Crippen LogP contribution in [0.2, 0.25) is 0 Å². The van der Waals surface area contributed by atoms with Gasteiger partial charge in [0, 0.05) is 12.2 Å². The van der Waals surface area contributed by atoms with E-state index < -0.39 is 0 Å². The summed E-state index contributed by atoms with van der Waals surface area (Å²) in [5, 5.41) is 0. The van der Waals surface area contributed by atoms with Gasteiger partial charge in [-0.05, 0) is 36.6 Å². The van der Waals surface area contributed by atoms with Gasteiger partial charge in [-0.3, -0.25) is 10.2 Å². The third kappa shape index (κ3) is 2.87. The summed E-state index contributed by atoms with van der Waals surface area (Å²) in [6.45, 7) is 1.70. The largest absolute Gasteiger partial charge is 0.365 e. The Kier molecular flexibility index (Phi) is 3.83. The molecule has 0 aliphatic carbocycles. The van der Waals surface area contributed by atoms with Gasteiger partial charge in [0.05, 0.1) is 12.2 Å². The van der Waals surface area contributed by atoms with Gasteiger partial charge in [-0.2, -0.15) is 0 Å². The van der Waals surface area contributed by atoms with Crippen LogP contribution in [0.5, 0.6) is 0 Å². The van der Waals surface area contributed by atoms with E-state index in [1.54, 1.807) is 6.07 Å². The number of nitrogen functional groups attached to an aromatic ring is 1. The average Bonchev–Trinajstić information content (AvgIpc) is 2.55. The number of benzene rings is 1. The second kappa shape index (κ2) is 5.93.